The van der Waals surface area contributed by atoms with Gasteiger partial charge in [0.05, 0.1) is 13.2 Å². The van der Waals surface area contributed by atoms with E-state index in [4.69, 9.17) is 14.2 Å². The van der Waals surface area contributed by atoms with E-state index in [1.807, 2.05) is 12.1 Å². The lowest BCUT2D eigenvalue weighted by Crippen LogP contribution is -2.32. The van der Waals surface area contributed by atoms with Crippen molar-refractivity contribution in [3.63, 3.8) is 0 Å². The number of halogens is 6. The maximum atomic E-state index is 15.2. The summed E-state index contributed by atoms with van der Waals surface area (Å²) in [7, 11) is 1.67. The Hall–Kier alpha value is -2.82. The molecule has 0 radical (unpaired) electrons. The Bertz CT molecular complexity index is 1230. The van der Waals surface area contributed by atoms with Gasteiger partial charge in [-0.3, -0.25) is 0 Å². The van der Waals surface area contributed by atoms with Crippen molar-refractivity contribution in [1.82, 2.24) is 0 Å². The molecular weight excluding hydrogens is 526 g/mol. The second-order valence-corrected chi connectivity index (χ2v) is 9.67. The molecular formula is C29H30F6O4. The van der Waals surface area contributed by atoms with E-state index in [-0.39, 0.29) is 24.7 Å². The largest absolute Gasteiger partial charge is 0.478 e. The molecule has 0 atom stereocenters. The molecule has 1 saturated heterocycles. The van der Waals surface area contributed by atoms with Gasteiger partial charge in [-0.2, -0.15) is 13.2 Å². The number of benzene rings is 3. The smallest absolute Gasteiger partial charge is 0.422 e. The molecule has 4 rings (SSSR count). The predicted octanol–water partition coefficient (Wildman–Crippen LogP) is 6.94. The standard InChI is InChI=1S/C29H30F6O4/c1-36-11-10-20-15-37-26(38-16-20)9-4-18-3-8-23-22(12-18)7-6-21(27(23)32)5-2-19-13-24(30)28(25(31)14-19)39-17-29(33,34)35/h3,6-8,12-14,20,26H,2,4-5,9-11,15-17H2,1H3. The van der Waals surface area contributed by atoms with Crippen LogP contribution in [-0.4, -0.2) is 46.0 Å². The zero-order valence-electron chi connectivity index (χ0n) is 21.5. The van der Waals surface area contributed by atoms with Crippen LogP contribution >= 0.6 is 0 Å². The van der Waals surface area contributed by atoms with Gasteiger partial charge in [-0.05, 0) is 59.9 Å². The average molecular weight is 557 g/mol. The van der Waals surface area contributed by atoms with Crippen molar-refractivity contribution in [2.75, 3.05) is 33.5 Å². The van der Waals surface area contributed by atoms with Crippen LogP contribution in [0.5, 0.6) is 5.75 Å². The van der Waals surface area contributed by atoms with Crippen molar-refractivity contribution in [2.45, 2.75) is 44.6 Å². The van der Waals surface area contributed by atoms with Gasteiger partial charge in [-0.15, -0.1) is 0 Å². The molecule has 10 heteroatoms. The van der Waals surface area contributed by atoms with Crippen LogP contribution in [0.3, 0.4) is 0 Å². The number of alkyl halides is 3. The highest BCUT2D eigenvalue weighted by Gasteiger charge is 2.30. The summed E-state index contributed by atoms with van der Waals surface area (Å²) >= 11 is 0. The highest BCUT2D eigenvalue weighted by molar-refractivity contribution is 5.84. The third-order valence-corrected chi connectivity index (χ3v) is 6.65. The maximum Gasteiger partial charge on any atom is 0.422 e. The van der Waals surface area contributed by atoms with Crippen molar-refractivity contribution < 1.29 is 45.3 Å². The minimum atomic E-state index is -4.72. The third-order valence-electron chi connectivity index (χ3n) is 6.65. The normalized spacial score (nSPS) is 18.0. The summed E-state index contributed by atoms with van der Waals surface area (Å²) in [6.45, 7) is 0.136. The van der Waals surface area contributed by atoms with Crippen molar-refractivity contribution in [1.29, 1.82) is 0 Å². The van der Waals surface area contributed by atoms with Crippen LogP contribution in [0.2, 0.25) is 0 Å². The Morgan fingerprint density at radius 1 is 0.846 bits per heavy atom. The minimum absolute atomic E-state index is 0.0849. The van der Waals surface area contributed by atoms with Gasteiger partial charge in [0.2, 0.25) is 0 Å². The Kier molecular flexibility index (Phi) is 9.74. The molecule has 0 aromatic heterocycles. The van der Waals surface area contributed by atoms with E-state index in [0.29, 0.717) is 49.5 Å². The maximum absolute atomic E-state index is 15.2. The summed E-state index contributed by atoms with van der Waals surface area (Å²) in [5.41, 5.74) is 1.55. The van der Waals surface area contributed by atoms with Gasteiger partial charge in [-0.1, -0.05) is 30.3 Å². The molecule has 0 saturated carbocycles. The molecule has 1 aliphatic heterocycles. The van der Waals surface area contributed by atoms with E-state index < -0.39 is 36.0 Å². The van der Waals surface area contributed by atoms with Gasteiger partial charge in [0.15, 0.2) is 30.3 Å². The number of hydrogen-bond acceptors (Lipinski definition) is 4. The van der Waals surface area contributed by atoms with Gasteiger partial charge in [0, 0.05) is 31.4 Å². The monoisotopic (exact) mass is 556 g/mol. The fraction of sp³-hybridized carbons (Fsp3) is 0.448. The number of ether oxygens (including phenoxy) is 4. The molecule has 1 heterocycles. The zero-order valence-corrected chi connectivity index (χ0v) is 21.5. The molecule has 212 valence electrons. The second-order valence-electron chi connectivity index (χ2n) is 9.67. The number of methoxy groups -OCH3 is 1. The Labute approximate surface area is 222 Å². The van der Waals surface area contributed by atoms with Crippen molar-refractivity contribution in [3.05, 3.63) is 76.6 Å². The molecule has 0 aliphatic carbocycles. The first-order chi connectivity index (χ1) is 18.6. The molecule has 0 amide bonds. The number of fused-ring (bicyclic) bond motifs is 1. The molecule has 3 aromatic rings. The minimum Gasteiger partial charge on any atom is -0.478 e. The van der Waals surface area contributed by atoms with E-state index in [9.17, 15) is 22.0 Å². The molecule has 1 aliphatic rings. The van der Waals surface area contributed by atoms with Crippen LogP contribution in [-0.2, 0) is 33.5 Å². The highest BCUT2D eigenvalue weighted by Crippen LogP contribution is 2.28. The number of aryl methyl sites for hydroxylation is 3. The summed E-state index contributed by atoms with van der Waals surface area (Å²) < 4.78 is 101. The van der Waals surface area contributed by atoms with Gasteiger partial charge in [0.1, 0.15) is 5.82 Å². The lowest BCUT2D eigenvalue weighted by molar-refractivity contribution is -0.204. The first-order valence-corrected chi connectivity index (χ1v) is 12.7. The van der Waals surface area contributed by atoms with Crippen molar-refractivity contribution in [2.24, 2.45) is 5.92 Å². The summed E-state index contributed by atoms with van der Waals surface area (Å²) in [6, 6.07) is 10.7. The Morgan fingerprint density at radius 2 is 1.56 bits per heavy atom. The molecule has 3 aromatic carbocycles. The van der Waals surface area contributed by atoms with Gasteiger partial charge in [0.25, 0.3) is 0 Å². The molecule has 0 N–H and O–H groups in total. The quantitative estimate of drug-likeness (QED) is 0.240. The van der Waals surface area contributed by atoms with E-state index in [2.05, 4.69) is 4.74 Å². The zero-order chi connectivity index (χ0) is 28.0. The summed E-state index contributed by atoms with van der Waals surface area (Å²) in [4.78, 5) is 0. The second kappa shape index (κ2) is 13.0. The fourth-order valence-corrected chi connectivity index (χ4v) is 4.55. The Morgan fingerprint density at radius 3 is 2.23 bits per heavy atom. The topological polar surface area (TPSA) is 36.9 Å². The number of hydrogen-bond donors (Lipinski definition) is 0. The predicted molar refractivity (Wildman–Crippen MR) is 133 cm³/mol. The van der Waals surface area contributed by atoms with E-state index in [1.54, 1.807) is 25.3 Å². The molecule has 0 bridgehead atoms. The third kappa shape index (κ3) is 8.09. The summed E-state index contributed by atoms with van der Waals surface area (Å²) in [5.74, 6) is -3.66. The summed E-state index contributed by atoms with van der Waals surface area (Å²) in [5, 5.41) is 1.15. The lowest BCUT2D eigenvalue weighted by Gasteiger charge is -2.29. The van der Waals surface area contributed by atoms with E-state index >= 15 is 4.39 Å². The highest BCUT2D eigenvalue weighted by atomic mass is 19.4. The molecule has 0 spiro atoms. The fourth-order valence-electron chi connectivity index (χ4n) is 4.55. The Balaban J connectivity index is 1.34. The number of rotatable bonds is 11. The van der Waals surface area contributed by atoms with Crippen LogP contribution in [0.1, 0.15) is 29.5 Å². The molecule has 4 nitrogen and oxygen atoms in total. The first-order valence-electron chi connectivity index (χ1n) is 12.7. The SMILES string of the molecule is COCCC1COC(CCc2ccc3c(F)c(CCc4cc(F)c(OCC(F)(F)F)c(F)c4)ccc3c2)OC1. The van der Waals surface area contributed by atoms with Crippen LogP contribution in [0.4, 0.5) is 26.3 Å². The van der Waals surface area contributed by atoms with Gasteiger partial charge >= 0.3 is 6.18 Å². The van der Waals surface area contributed by atoms with E-state index in [1.165, 1.54) is 0 Å². The molecule has 0 unspecified atom stereocenters. The lowest BCUT2D eigenvalue weighted by atomic mass is 9.98. The van der Waals surface area contributed by atoms with Gasteiger partial charge < -0.3 is 18.9 Å². The first kappa shape index (κ1) is 29.2. The van der Waals surface area contributed by atoms with Crippen LogP contribution in [0.15, 0.2) is 42.5 Å². The molecule has 1 fully saturated rings. The van der Waals surface area contributed by atoms with Crippen LogP contribution < -0.4 is 4.74 Å². The van der Waals surface area contributed by atoms with Gasteiger partial charge in [-0.25, -0.2) is 13.2 Å². The van der Waals surface area contributed by atoms with Crippen LogP contribution in [0, 0.1) is 23.4 Å². The van der Waals surface area contributed by atoms with Crippen molar-refractivity contribution >= 4 is 10.8 Å². The summed E-state index contributed by atoms with van der Waals surface area (Å²) in [6.07, 6.45) is -2.50. The average Bonchev–Trinajstić information content (AvgIpc) is 2.90. The van der Waals surface area contributed by atoms with Crippen molar-refractivity contribution in [3.8, 4) is 5.75 Å². The van der Waals surface area contributed by atoms with E-state index in [0.717, 1.165) is 29.5 Å². The molecule has 39 heavy (non-hydrogen) atoms. The van der Waals surface area contributed by atoms with Crippen LogP contribution in [0.25, 0.3) is 10.8 Å².